The van der Waals surface area contributed by atoms with Gasteiger partial charge in [-0.2, -0.15) is 0 Å². The van der Waals surface area contributed by atoms with E-state index in [0.29, 0.717) is 33.4 Å². The molecule has 1 atom stereocenters. The second-order valence-electron chi connectivity index (χ2n) is 10.4. The van der Waals surface area contributed by atoms with Gasteiger partial charge in [-0.05, 0) is 87.0 Å². The van der Waals surface area contributed by atoms with Crippen LogP contribution in [0, 0.1) is 13.8 Å². The van der Waals surface area contributed by atoms with Gasteiger partial charge < -0.3 is 24.8 Å². The van der Waals surface area contributed by atoms with Crippen molar-refractivity contribution in [2.24, 2.45) is 0 Å². The van der Waals surface area contributed by atoms with Gasteiger partial charge in [-0.3, -0.25) is 19.3 Å². The molecule has 0 spiro atoms. The van der Waals surface area contributed by atoms with Gasteiger partial charge in [-0.15, -0.1) is 11.3 Å². The van der Waals surface area contributed by atoms with Crippen LogP contribution < -0.4 is 29.7 Å². The van der Waals surface area contributed by atoms with E-state index in [1.165, 1.54) is 37.6 Å². The van der Waals surface area contributed by atoms with E-state index in [1.807, 2.05) is 52.8 Å². The van der Waals surface area contributed by atoms with Crippen molar-refractivity contribution in [2.75, 3.05) is 32.8 Å². The molecule has 0 aliphatic rings. The van der Waals surface area contributed by atoms with Crippen LogP contribution in [0.2, 0.25) is 0 Å². The molecule has 0 aliphatic heterocycles. The number of carbonyl (C=O) groups excluding carboxylic acids is 3. The molecule has 10 heteroatoms. The third kappa shape index (κ3) is 7.32. The highest BCUT2D eigenvalue weighted by molar-refractivity contribution is 7.12. The molecule has 3 amide bonds. The SMILES string of the molecule is COc1cc(C(C(=O)NC(C)(C)C)N(C(=O)CNC(=O)c2cccs2)c2cc(C)cc(C)c2)cc(OC)c1OC. The van der Waals surface area contributed by atoms with E-state index in [2.05, 4.69) is 10.6 Å². The summed E-state index contributed by atoms with van der Waals surface area (Å²) in [6.07, 6.45) is 0. The number of nitrogens with zero attached hydrogens (tertiary/aromatic N) is 1. The maximum atomic E-state index is 14.0. The fourth-order valence-electron chi connectivity index (χ4n) is 4.38. The maximum absolute atomic E-state index is 14.0. The second-order valence-corrected chi connectivity index (χ2v) is 11.3. The summed E-state index contributed by atoms with van der Waals surface area (Å²) in [5.41, 5.74) is 2.18. The number of carbonyl (C=O) groups is 3. The van der Waals surface area contributed by atoms with E-state index in [1.54, 1.807) is 29.6 Å². The summed E-state index contributed by atoms with van der Waals surface area (Å²) in [4.78, 5) is 42.6. The van der Waals surface area contributed by atoms with Gasteiger partial charge in [0.2, 0.25) is 17.6 Å². The van der Waals surface area contributed by atoms with Gasteiger partial charge in [0.1, 0.15) is 6.04 Å². The topological polar surface area (TPSA) is 106 Å². The molecular weight excluding hydrogens is 530 g/mol. The Bertz CT molecular complexity index is 1320. The number of amides is 3. The van der Waals surface area contributed by atoms with Crippen LogP contribution in [0.5, 0.6) is 17.2 Å². The monoisotopic (exact) mass is 567 g/mol. The minimum absolute atomic E-state index is 0.326. The molecule has 0 bridgehead atoms. The summed E-state index contributed by atoms with van der Waals surface area (Å²) in [6.45, 7) is 9.10. The van der Waals surface area contributed by atoms with Crippen molar-refractivity contribution in [3.8, 4) is 17.2 Å². The smallest absolute Gasteiger partial charge is 0.261 e. The average Bonchev–Trinajstić information content (AvgIpc) is 3.42. The van der Waals surface area contributed by atoms with Gasteiger partial charge in [-0.25, -0.2) is 0 Å². The van der Waals surface area contributed by atoms with Gasteiger partial charge in [0.15, 0.2) is 11.5 Å². The van der Waals surface area contributed by atoms with E-state index >= 15 is 0 Å². The van der Waals surface area contributed by atoms with Gasteiger partial charge in [-0.1, -0.05) is 12.1 Å². The van der Waals surface area contributed by atoms with Crippen LogP contribution >= 0.6 is 11.3 Å². The molecule has 1 unspecified atom stereocenters. The summed E-state index contributed by atoms with van der Waals surface area (Å²) in [5.74, 6) is -0.228. The number of rotatable bonds is 10. The van der Waals surface area contributed by atoms with Gasteiger partial charge in [0.05, 0.1) is 32.8 Å². The molecular formula is C30H37N3O6S. The summed E-state index contributed by atoms with van der Waals surface area (Å²) in [7, 11) is 4.46. The Hall–Kier alpha value is -4.05. The molecule has 1 aromatic heterocycles. The Kier molecular flexibility index (Phi) is 9.81. The first-order valence-electron chi connectivity index (χ1n) is 12.7. The summed E-state index contributed by atoms with van der Waals surface area (Å²) in [6, 6.07) is 11.3. The molecule has 9 nitrogen and oxygen atoms in total. The Morgan fingerprint density at radius 1 is 0.925 bits per heavy atom. The van der Waals surface area contributed by atoms with Crippen LogP contribution in [0.4, 0.5) is 5.69 Å². The molecule has 0 aliphatic carbocycles. The van der Waals surface area contributed by atoms with E-state index < -0.39 is 23.4 Å². The number of hydrogen-bond donors (Lipinski definition) is 2. The predicted octanol–water partition coefficient (Wildman–Crippen LogP) is 4.81. The third-order valence-corrected chi connectivity index (χ3v) is 6.77. The minimum atomic E-state index is -1.14. The number of anilines is 1. The van der Waals surface area contributed by atoms with Gasteiger partial charge in [0.25, 0.3) is 5.91 Å². The highest BCUT2D eigenvalue weighted by Crippen LogP contribution is 2.42. The maximum Gasteiger partial charge on any atom is 0.261 e. The lowest BCUT2D eigenvalue weighted by molar-refractivity contribution is -0.127. The normalized spacial score (nSPS) is 11.8. The number of ether oxygens (including phenoxy) is 3. The molecule has 2 aromatic carbocycles. The molecule has 3 aromatic rings. The lowest BCUT2D eigenvalue weighted by atomic mass is 9.99. The summed E-state index contributed by atoms with van der Waals surface area (Å²) in [5, 5.41) is 7.50. The van der Waals surface area contributed by atoms with Crippen molar-refractivity contribution in [3.05, 3.63) is 69.4 Å². The molecule has 2 N–H and O–H groups in total. The summed E-state index contributed by atoms with van der Waals surface area (Å²) >= 11 is 1.28. The van der Waals surface area contributed by atoms with E-state index in [0.717, 1.165) is 11.1 Å². The van der Waals surface area contributed by atoms with Crippen LogP contribution in [0.3, 0.4) is 0 Å². The van der Waals surface area contributed by atoms with Crippen molar-refractivity contribution < 1.29 is 28.6 Å². The van der Waals surface area contributed by atoms with Crippen LogP contribution in [-0.4, -0.2) is 51.1 Å². The quantitative estimate of drug-likeness (QED) is 0.364. The Morgan fingerprint density at radius 3 is 2.00 bits per heavy atom. The molecule has 0 saturated carbocycles. The molecule has 0 radical (unpaired) electrons. The zero-order chi connectivity index (χ0) is 29.6. The lowest BCUT2D eigenvalue weighted by Gasteiger charge is -2.34. The zero-order valence-electron chi connectivity index (χ0n) is 24.2. The van der Waals surface area contributed by atoms with E-state index in [9.17, 15) is 14.4 Å². The lowest BCUT2D eigenvalue weighted by Crippen LogP contribution is -2.51. The summed E-state index contributed by atoms with van der Waals surface area (Å²) < 4.78 is 16.6. The molecule has 3 rings (SSSR count). The fraction of sp³-hybridized carbons (Fsp3) is 0.367. The number of nitrogens with one attached hydrogen (secondary N) is 2. The first-order chi connectivity index (χ1) is 18.9. The van der Waals surface area contributed by atoms with E-state index in [4.69, 9.17) is 14.2 Å². The zero-order valence-corrected chi connectivity index (χ0v) is 25.0. The standard InChI is InChI=1S/C30H37N3O6S/c1-18-12-19(2)14-21(13-18)33(25(34)17-31-28(35)24-10-9-11-40-24)26(29(36)32-30(3,4)5)20-15-22(37-6)27(39-8)23(16-20)38-7/h9-16,26H,17H2,1-8H3,(H,31,35)(H,32,36). The molecule has 1 heterocycles. The Balaban J connectivity index is 2.20. The number of methoxy groups -OCH3 is 3. The number of thiophene rings is 1. The first-order valence-corrected chi connectivity index (χ1v) is 13.6. The van der Waals surface area contributed by atoms with Crippen molar-refractivity contribution in [1.82, 2.24) is 10.6 Å². The fourth-order valence-corrected chi connectivity index (χ4v) is 5.02. The molecule has 40 heavy (non-hydrogen) atoms. The van der Waals surface area contributed by atoms with Crippen molar-refractivity contribution in [1.29, 1.82) is 0 Å². The first kappa shape index (κ1) is 30.5. The molecule has 214 valence electrons. The van der Waals surface area contributed by atoms with Crippen LogP contribution in [0.15, 0.2) is 47.8 Å². The Labute approximate surface area is 239 Å². The van der Waals surface area contributed by atoms with Crippen molar-refractivity contribution >= 4 is 34.7 Å². The van der Waals surface area contributed by atoms with Crippen molar-refractivity contribution in [2.45, 2.75) is 46.2 Å². The number of benzene rings is 2. The minimum Gasteiger partial charge on any atom is -0.493 e. The highest BCUT2D eigenvalue weighted by Gasteiger charge is 2.36. The second kappa shape index (κ2) is 12.9. The third-order valence-electron chi connectivity index (χ3n) is 5.91. The largest absolute Gasteiger partial charge is 0.493 e. The Morgan fingerprint density at radius 2 is 1.52 bits per heavy atom. The highest BCUT2D eigenvalue weighted by atomic mass is 32.1. The van der Waals surface area contributed by atoms with Gasteiger partial charge in [0, 0.05) is 11.2 Å². The predicted molar refractivity (Wildman–Crippen MR) is 157 cm³/mol. The number of aryl methyl sites for hydroxylation is 2. The van der Waals surface area contributed by atoms with Gasteiger partial charge >= 0.3 is 0 Å². The van der Waals surface area contributed by atoms with E-state index in [-0.39, 0.29) is 12.5 Å². The van der Waals surface area contributed by atoms with Crippen molar-refractivity contribution in [3.63, 3.8) is 0 Å². The van der Waals surface area contributed by atoms with Crippen LogP contribution in [0.25, 0.3) is 0 Å². The number of hydrogen-bond acceptors (Lipinski definition) is 7. The average molecular weight is 568 g/mol. The molecule has 0 saturated heterocycles. The molecule has 0 fully saturated rings. The van der Waals surface area contributed by atoms with Crippen LogP contribution in [0.1, 0.15) is 53.2 Å². The van der Waals surface area contributed by atoms with Crippen LogP contribution in [-0.2, 0) is 9.59 Å².